The number of fused-ring (bicyclic) bond motifs is 3. The first kappa shape index (κ1) is 22.4. The Morgan fingerprint density at radius 3 is 2.72 bits per heavy atom. The molecule has 0 bridgehead atoms. The Kier molecular flexibility index (Phi) is 8.66. The number of nitrogens with zero attached hydrogens (tertiary/aromatic N) is 4. The van der Waals surface area contributed by atoms with Crippen LogP contribution in [0.5, 0.6) is 0 Å². The summed E-state index contributed by atoms with van der Waals surface area (Å²) >= 11 is 0. The monoisotopic (exact) mass is 396 g/mol. The molecule has 7 nitrogen and oxygen atoms in total. The number of carbonyl (C=O) groups is 1. The van der Waals surface area contributed by atoms with E-state index in [4.69, 9.17) is 5.26 Å². The summed E-state index contributed by atoms with van der Waals surface area (Å²) in [7, 11) is 3.54. The number of aromatic nitrogens is 4. The average molecular weight is 397 g/mol. The van der Waals surface area contributed by atoms with Gasteiger partial charge in [-0.25, -0.2) is 9.97 Å². The molecule has 0 unspecified atom stereocenters. The summed E-state index contributed by atoms with van der Waals surface area (Å²) < 4.78 is 1.95. The van der Waals surface area contributed by atoms with Gasteiger partial charge in [0.2, 0.25) is 5.91 Å². The summed E-state index contributed by atoms with van der Waals surface area (Å²) in [6, 6.07) is 4.21. The highest BCUT2D eigenvalue weighted by atomic mass is 16.1. The van der Waals surface area contributed by atoms with Crippen LogP contribution in [-0.4, -0.2) is 32.5 Å². The second-order valence-electron chi connectivity index (χ2n) is 7.04. The largest absolute Gasteiger partial charge is 0.359 e. The molecule has 0 aromatic carbocycles. The van der Waals surface area contributed by atoms with Gasteiger partial charge in [0.1, 0.15) is 17.0 Å². The van der Waals surface area contributed by atoms with Gasteiger partial charge >= 0.3 is 0 Å². The summed E-state index contributed by atoms with van der Waals surface area (Å²) in [4.78, 5) is 23.3. The molecule has 3 aromatic rings. The Bertz CT molecular complexity index is 959. The molecule has 0 aliphatic heterocycles. The predicted octanol–water partition coefficient (Wildman–Crippen LogP) is 4.24. The molecule has 0 spiro atoms. The Hall–Kier alpha value is -2.88. The first-order chi connectivity index (χ1) is 14.1. The molecule has 3 heterocycles. The molecule has 0 radical (unpaired) electrons. The molecule has 29 heavy (non-hydrogen) atoms. The molecule has 1 amide bonds. The number of hydrogen-bond acceptors (Lipinski definition) is 4. The van der Waals surface area contributed by atoms with Crippen molar-refractivity contribution < 1.29 is 4.79 Å². The van der Waals surface area contributed by atoms with Crippen molar-refractivity contribution >= 4 is 28.0 Å². The van der Waals surface area contributed by atoms with Crippen molar-refractivity contribution in [1.82, 2.24) is 24.8 Å². The number of H-pyrrole nitrogens is 1. The number of pyridine rings is 1. The van der Waals surface area contributed by atoms with Gasteiger partial charge in [-0.2, -0.15) is 5.26 Å². The van der Waals surface area contributed by atoms with E-state index in [0.717, 1.165) is 40.2 Å². The van der Waals surface area contributed by atoms with E-state index in [9.17, 15) is 4.79 Å². The highest BCUT2D eigenvalue weighted by Crippen LogP contribution is 2.25. The van der Waals surface area contributed by atoms with Gasteiger partial charge in [-0.1, -0.05) is 33.1 Å². The normalized spacial score (nSPS) is 13.8. The molecule has 0 atom stereocenters. The summed E-state index contributed by atoms with van der Waals surface area (Å²) in [5.41, 5.74) is 2.64. The maximum absolute atomic E-state index is 11.4. The van der Waals surface area contributed by atoms with Gasteiger partial charge in [0, 0.05) is 32.1 Å². The fraction of sp³-hybridized carbons (Fsp3) is 0.545. The van der Waals surface area contributed by atoms with Crippen molar-refractivity contribution in [3.63, 3.8) is 0 Å². The maximum atomic E-state index is 11.4. The van der Waals surface area contributed by atoms with Gasteiger partial charge in [-0.3, -0.25) is 4.79 Å². The van der Waals surface area contributed by atoms with E-state index in [1.165, 1.54) is 32.1 Å². The number of nitrogens with one attached hydrogen (secondary N) is 2. The Morgan fingerprint density at radius 2 is 2.07 bits per heavy atom. The first-order valence-electron chi connectivity index (χ1n) is 10.5. The fourth-order valence-corrected chi connectivity index (χ4v) is 3.67. The van der Waals surface area contributed by atoms with Crippen LogP contribution < -0.4 is 5.32 Å². The summed E-state index contributed by atoms with van der Waals surface area (Å²) in [5, 5.41) is 12.0. The Balaban J connectivity index is 0.000000231. The number of aromatic amines is 1. The second-order valence-corrected chi connectivity index (χ2v) is 7.04. The van der Waals surface area contributed by atoms with Crippen LogP contribution in [0.25, 0.3) is 22.1 Å². The van der Waals surface area contributed by atoms with Crippen LogP contribution in [0.15, 0.2) is 18.5 Å². The van der Waals surface area contributed by atoms with E-state index in [2.05, 4.69) is 26.3 Å². The molecule has 1 aliphatic rings. The molecule has 1 saturated carbocycles. The quantitative estimate of drug-likeness (QED) is 0.691. The summed E-state index contributed by atoms with van der Waals surface area (Å²) in [5.74, 6) is 1.43. The average Bonchev–Trinajstić information content (AvgIpc) is 3.35. The van der Waals surface area contributed by atoms with Gasteiger partial charge < -0.3 is 14.9 Å². The van der Waals surface area contributed by atoms with Crippen molar-refractivity contribution in [2.45, 2.75) is 58.8 Å². The minimum Gasteiger partial charge on any atom is -0.359 e. The fourth-order valence-electron chi connectivity index (χ4n) is 3.67. The van der Waals surface area contributed by atoms with E-state index in [-0.39, 0.29) is 12.3 Å². The number of aryl methyl sites for hydroxylation is 1. The topological polar surface area (TPSA) is 99.4 Å². The van der Waals surface area contributed by atoms with Gasteiger partial charge in [0.05, 0.1) is 24.2 Å². The van der Waals surface area contributed by atoms with Gasteiger partial charge in [-0.15, -0.1) is 0 Å². The number of nitriles is 1. The number of amides is 1. The van der Waals surface area contributed by atoms with Gasteiger partial charge in [-0.05, 0) is 24.8 Å². The molecule has 4 rings (SSSR count). The summed E-state index contributed by atoms with van der Waals surface area (Å²) in [6.07, 6.45) is 11.3. The maximum Gasteiger partial charge on any atom is 0.227 e. The molecular weight excluding hydrogens is 364 g/mol. The van der Waals surface area contributed by atoms with Crippen LogP contribution in [0.4, 0.5) is 0 Å². The number of rotatable bonds is 3. The van der Waals surface area contributed by atoms with Crippen LogP contribution >= 0.6 is 0 Å². The third-order valence-electron chi connectivity index (χ3n) is 5.21. The number of likely N-dealkylation sites (N-methyl/N-ethyl adjacent to an activating group) is 1. The van der Waals surface area contributed by atoms with Crippen molar-refractivity contribution in [3.05, 3.63) is 24.3 Å². The SMILES string of the molecule is CC.CNC(=O)Cc1nc2cnc3[nH]ccc3c2n1C.N#CCC1CCCCC1. The highest BCUT2D eigenvalue weighted by Gasteiger charge is 2.14. The smallest absolute Gasteiger partial charge is 0.227 e. The Morgan fingerprint density at radius 1 is 1.34 bits per heavy atom. The van der Waals surface area contributed by atoms with Crippen molar-refractivity contribution in [3.8, 4) is 6.07 Å². The number of carbonyl (C=O) groups excluding carboxylic acids is 1. The van der Waals surface area contributed by atoms with Crippen LogP contribution in [0.3, 0.4) is 0 Å². The third kappa shape index (κ3) is 5.57. The minimum absolute atomic E-state index is 0.0494. The molecule has 2 N–H and O–H groups in total. The van der Waals surface area contributed by atoms with E-state index < -0.39 is 0 Å². The molecule has 1 aliphatic carbocycles. The third-order valence-corrected chi connectivity index (χ3v) is 5.21. The van der Waals surface area contributed by atoms with Crippen molar-refractivity contribution in [1.29, 1.82) is 5.26 Å². The second kappa shape index (κ2) is 11.2. The Labute approximate surface area is 172 Å². The molecule has 156 valence electrons. The lowest BCUT2D eigenvalue weighted by atomic mass is 9.87. The number of hydrogen-bond donors (Lipinski definition) is 2. The molecule has 3 aromatic heterocycles. The van der Waals surface area contributed by atoms with Crippen LogP contribution in [0.2, 0.25) is 0 Å². The lowest BCUT2D eigenvalue weighted by Crippen LogP contribution is -2.21. The molecule has 0 saturated heterocycles. The van der Waals surface area contributed by atoms with Crippen LogP contribution in [0, 0.1) is 17.2 Å². The summed E-state index contributed by atoms with van der Waals surface area (Å²) in [6.45, 7) is 4.00. The highest BCUT2D eigenvalue weighted by molar-refractivity contribution is 6.01. The molecular formula is C22H32N6O. The molecule has 7 heteroatoms. The van der Waals surface area contributed by atoms with Crippen LogP contribution in [0.1, 0.15) is 58.2 Å². The lowest BCUT2D eigenvalue weighted by Gasteiger charge is -2.17. The standard InChI is InChI=1S/C12H13N5O.C8H13N.C2H6/c1-13-10(18)5-9-16-8-6-15-12-7(3-4-14-12)11(8)17(9)2;9-7-6-8-4-2-1-3-5-8;1-2/h3-4,6H,5H2,1-2H3,(H,13,18)(H,14,15);8H,1-6H2;1-2H3. The minimum atomic E-state index is -0.0494. The zero-order chi connectivity index (χ0) is 21.2. The van der Waals surface area contributed by atoms with E-state index in [1.807, 2.05) is 37.7 Å². The first-order valence-corrected chi connectivity index (χ1v) is 10.5. The van der Waals surface area contributed by atoms with Crippen molar-refractivity contribution in [2.24, 2.45) is 13.0 Å². The van der Waals surface area contributed by atoms with Crippen LogP contribution in [-0.2, 0) is 18.3 Å². The zero-order valence-corrected chi connectivity index (χ0v) is 18.0. The van der Waals surface area contributed by atoms with Gasteiger partial charge in [0.25, 0.3) is 0 Å². The van der Waals surface area contributed by atoms with E-state index >= 15 is 0 Å². The van der Waals surface area contributed by atoms with Crippen molar-refractivity contribution in [2.75, 3.05) is 7.05 Å². The lowest BCUT2D eigenvalue weighted by molar-refractivity contribution is -0.120. The van der Waals surface area contributed by atoms with Gasteiger partial charge in [0.15, 0.2) is 0 Å². The zero-order valence-electron chi connectivity index (χ0n) is 18.0. The van der Waals surface area contributed by atoms with E-state index in [1.54, 1.807) is 13.2 Å². The predicted molar refractivity (Wildman–Crippen MR) is 116 cm³/mol. The molecule has 1 fully saturated rings. The number of imidazole rings is 1. The van der Waals surface area contributed by atoms with E-state index in [0.29, 0.717) is 0 Å².